The number of hydrogen-bond donors (Lipinski definition) is 2. The fourth-order valence-corrected chi connectivity index (χ4v) is 4.47. The second kappa shape index (κ2) is 8.01. The van der Waals surface area contributed by atoms with Gasteiger partial charge in [-0.1, -0.05) is 19.3 Å². The molecular weight excluding hydrogens is 330 g/mol. The lowest BCUT2D eigenvalue weighted by molar-refractivity contribution is 0.0229. The Labute approximate surface area is 145 Å². The molecule has 1 aliphatic carbocycles. The molecule has 2 N–H and O–H groups in total. The van der Waals surface area contributed by atoms with Crippen molar-refractivity contribution in [1.82, 2.24) is 14.3 Å². The Kier molecular flexibility index (Phi) is 6.50. The number of nitrogens with one attached hydrogen (secondary N) is 2. The Balaban J connectivity index is 1.84. The maximum atomic E-state index is 12.2. The molecule has 1 atom stereocenters. The zero-order valence-corrected chi connectivity index (χ0v) is 15.8. The summed E-state index contributed by atoms with van der Waals surface area (Å²) < 4.78 is 35.1. The summed E-state index contributed by atoms with van der Waals surface area (Å²) in [5.41, 5.74) is -0.549. The number of hydrogen-bond acceptors (Lipinski definition) is 4. The predicted molar refractivity (Wildman–Crippen MR) is 92.9 cm³/mol. The van der Waals surface area contributed by atoms with Crippen LogP contribution in [-0.2, 0) is 14.9 Å². The van der Waals surface area contributed by atoms with Crippen molar-refractivity contribution in [3.8, 4) is 0 Å². The van der Waals surface area contributed by atoms with Gasteiger partial charge in [-0.25, -0.2) is 9.52 Å². The first-order valence-corrected chi connectivity index (χ1v) is 10.4. The first kappa shape index (κ1) is 19.5. The van der Waals surface area contributed by atoms with Crippen LogP contribution >= 0.6 is 0 Å². The third-order valence-corrected chi connectivity index (χ3v) is 5.63. The number of likely N-dealkylation sites (tertiary alicyclic amines) is 1. The third-order valence-electron chi connectivity index (χ3n) is 4.44. The van der Waals surface area contributed by atoms with Crippen molar-refractivity contribution >= 4 is 16.3 Å². The zero-order valence-electron chi connectivity index (χ0n) is 15.0. The average molecular weight is 362 g/mol. The lowest BCUT2D eigenvalue weighted by atomic mass is 9.96. The molecule has 7 nitrogen and oxygen atoms in total. The van der Waals surface area contributed by atoms with Crippen molar-refractivity contribution in [3.05, 3.63) is 0 Å². The zero-order chi connectivity index (χ0) is 17.8. The summed E-state index contributed by atoms with van der Waals surface area (Å²) in [6, 6.07) is -0.121. The third kappa shape index (κ3) is 6.22. The molecule has 0 bridgehead atoms. The van der Waals surface area contributed by atoms with Crippen LogP contribution in [0.4, 0.5) is 4.79 Å². The van der Waals surface area contributed by atoms with E-state index in [4.69, 9.17) is 4.74 Å². The summed E-state index contributed by atoms with van der Waals surface area (Å²) in [5.74, 6) is 0. The topological polar surface area (TPSA) is 87.7 Å². The molecule has 0 spiro atoms. The van der Waals surface area contributed by atoms with Crippen LogP contribution in [0.1, 0.15) is 65.7 Å². The number of ether oxygens (including phenoxy) is 1. The quantitative estimate of drug-likeness (QED) is 0.785. The highest BCUT2D eigenvalue weighted by Gasteiger charge is 2.33. The van der Waals surface area contributed by atoms with Gasteiger partial charge in [-0.15, -0.1) is 0 Å². The standard InChI is InChI=1S/C16H31N3O4S/c1-16(2,3)23-15(20)19-11-7-10-14(19)12-17-24(21,22)18-13-8-5-4-6-9-13/h13-14,17-18H,4-12H2,1-3H3/t14-/m0/s1. The molecule has 0 radical (unpaired) electrons. The van der Waals surface area contributed by atoms with E-state index in [0.717, 1.165) is 38.5 Å². The van der Waals surface area contributed by atoms with Crippen LogP contribution in [0.2, 0.25) is 0 Å². The smallest absolute Gasteiger partial charge is 0.410 e. The Hall–Kier alpha value is -0.860. The summed E-state index contributed by atoms with van der Waals surface area (Å²) in [7, 11) is -3.53. The summed E-state index contributed by atoms with van der Waals surface area (Å²) in [5, 5.41) is 0. The Bertz CT molecular complexity index is 524. The number of rotatable bonds is 5. The Morgan fingerprint density at radius 3 is 2.42 bits per heavy atom. The largest absolute Gasteiger partial charge is 0.444 e. The monoisotopic (exact) mass is 361 g/mol. The lowest BCUT2D eigenvalue weighted by Gasteiger charge is -2.29. The average Bonchev–Trinajstić information content (AvgIpc) is 2.93. The van der Waals surface area contributed by atoms with Gasteiger partial charge in [-0.05, 0) is 46.5 Å². The van der Waals surface area contributed by atoms with Gasteiger partial charge in [-0.2, -0.15) is 13.1 Å². The fourth-order valence-electron chi connectivity index (χ4n) is 3.30. The molecule has 24 heavy (non-hydrogen) atoms. The summed E-state index contributed by atoms with van der Waals surface area (Å²) >= 11 is 0. The molecule has 2 aliphatic rings. The van der Waals surface area contributed by atoms with E-state index >= 15 is 0 Å². The highest BCUT2D eigenvalue weighted by atomic mass is 32.2. The van der Waals surface area contributed by atoms with E-state index in [9.17, 15) is 13.2 Å². The summed E-state index contributed by atoms with van der Waals surface area (Å²) in [4.78, 5) is 13.9. The Morgan fingerprint density at radius 1 is 1.12 bits per heavy atom. The van der Waals surface area contributed by atoms with Gasteiger partial charge >= 0.3 is 6.09 Å². The molecule has 0 aromatic carbocycles. The number of nitrogens with zero attached hydrogens (tertiary/aromatic N) is 1. The number of amides is 1. The molecule has 140 valence electrons. The van der Waals surface area contributed by atoms with E-state index in [-0.39, 0.29) is 24.7 Å². The minimum atomic E-state index is -3.53. The van der Waals surface area contributed by atoms with Crippen LogP contribution in [0.3, 0.4) is 0 Å². The van der Waals surface area contributed by atoms with E-state index < -0.39 is 15.8 Å². The van der Waals surface area contributed by atoms with Crippen molar-refractivity contribution in [2.24, 2.45) is 0 Å². The summed E-state index contributed by atoms with van der Waals surface area (Å²) in [6.45, 7) is 6.31. The van der Waals surface area contributed by atoms with Gasteiger partial charge < -0.3 is 9.64 Å². The first-order valence-electron chi connectivity index (χ1n) is 8.93. The molecule has 2 fully saturated rings. The second-order valence-electron chi connectivity index (χ2n) is 7.77. The molecule has 1 heterocycles. The van der Waals surface area contributed by atoms with Crippen LogP contribution in [-0.4, -0.2) is 50.2 Å². The molecule has 2 rings (SSSR count). The van der Waals surface area contributed by atoms with Crippen molar-refractivity contribution in [3.63, 3.8) is 0 Å². The predicted octanol–water partition coefficient (Wildman–Crippen LogP) is 2.14. The van der Waals surface area contributed by atoms with Gasteiger partial charge in [0.15, 0.2) is 0 Å². The molecule has 1 saturated carbocycles. The minimum absolute atomic E-state index is 0.0294. The highest BCUT2D eigenvalue weighted by Crippen LogP contribution is 2.21. The fraction of sp³-hybridized carbons (Fsp3) is 0.938. The second-order valence-corrected chi connectivity index (χ2v) is 9.31. The maximum absolute atomic E-state index is 12.2. The van der Waals surface area contributed by atoms with Crippen molar-refractivity contribution in [2.75, 3.05) is 13.1 Å². The van der Waals surface area contributed by atoms with Gasteiger partial charge in [0.25, 0.3) is 10.2 Å². The van der Waals surface area contributed by atoms with Crippen molar-refractivity contribution in [1.29, 1.82) is 0 Å². The van der Waals surface area contributed by atoms with Gasteiger partial charge in [-0.3, -0.25) is 0 Å². The Morgan fingerprint density at radius 2 is 1.79 bits per heavy atom. The van der Waals surface area contributed by atoms with Gasteiger partial charge in [0, 0.05) is 25.2 Å². The van der Waals surface area contributed by atoms with Crippen LogP contribution in [0.25, 0.3) is 0 Å². The van der Waals surface area contributed by atoms with Crippen LogP contribution in [0.5, 0.6) is 0 Å². The lowest BCUT2D eigenvalue weighted by Crippen LogP contribution is -2.49. The number of carbonyl (C=O) groups excluding carboxylic acids is 1. The normalized spacial score (nSPS) is 23.5. The molecule has 8 heteroatoms. The van der Waals surface area contributed by atoms with E-state index in [0.29, 0.717) is 6.54 Å². The summed E-state index contributed by atoms with van der Waals surface area (Å²) in [6.07, 6.45) is 6.39. The maximum Gasteiger partial charge on any atom is 0.410 e. The van der Waals surface area contributed by atoms with E-state index in [1.165, 1.54) is 6.42 Å². The van der Waals surface area contributed by atoms with Gasteiger partial charge in [0.2, 0.25) is 0 Å². The molecular formula is C16H31N3O4S. The van der Waals surface area contributed by atoms with E-state index in [1.807, 2.05) is 20.8 Å². The molecule has 0 unspecified atom stereocenters. The van der Waals surface area contributed by atoms with Crippen molar-refractivity contribution < 1.29 is 17.9 Å². The molecule has 0 aromatic heterocycles. The van der Waals surface area contributed by atoms with Crippen molar-refractivity contribution in [2.45, 2.75) is 83.4 Å². The van der Waals surface area contributed by atoms with Crippen LogP contribution < -0.4 is 9.44 Å². The molecule has 1 amide bonds. The highest BCUT2D eigenvalue weighted by molar-refractivity contribution is 7.87. The van der Waals surface area contributed by atoms with E-state index in [1.54, 1.807) is 4.90 Å². The molecule has 1 aliphatic heterocycles. The molecule has 0 aromatic rings. The minimum Gasteiger partial charge on any atom is -0.444 e. The SMILES string of the molecule is CC(C)(C)OC(=O)N1CCC[C@H]1CNS(=O)(=O)NC1CCCCC1. The number of carbonyl (C=O) groups is 1. The van der Waals surface area contributed by atoms with E-state index in [2.05, 4.69) is 9.44 Å². The van der Waals surface area contributed by atoms with Crippen LogP contribution in [0.15, 0.2) is 0 Å². The first-order chi connectivity index (χ1) is 11.2. The van der Waals surface area contributed by atoms with Crippen LogP contribution in [0, 0.1) is 0 Å². The van der Waals surface area contributed by atoms with Gasteiger partial charge in [0.05, 0.1) is 0 Å². The molecule has 1 saturated heterocycles. The van der Waals surface area contributed by atoms with Gasteiger partial charge in [0.1, 0.15) is 5.60 Å².